The van der Waals surface area contributed by atoms with Gasteiger partial charge in [-0.2, -0.15) is 0 Å². The van der Waals surface area contributed by atoms with Crippen LogP contribution in [0.25, 0.3) is 20.7 Å². The van der Waals surface area contributed by atoms with Gasteiger partial charge in [-0.15, -0.1) is 11.3 Å². The van der Waals surface area contributed by atoms with Crippen LogP contribution in [0, 0.1) is 0 Å². The lowest BCUT2D eigenvalue weighted by atomic mass is 10.1. The third kappa shape index (κ3) is 3.35. The van der Waals surface area contributed by atoms with Crippen molar-refractivity contribution < 1.29 is 14.3 Å². The van der Waals surface area contributed by atoms with Crippen LogP contribution in [0.2, 0.25) is 0 Å². The number of hydrogen-bond acceptors (Lipinski definition) is 7. The van der Waals surface area contributed by atoms with E-state index in [1.165, 1.54) is 13.4 Å². The monoisotopic (exact) mass is 382 g/mol. The van der Waals surface area contributed by atoms with E-state index in [1.807, 2.05) is 41.3 Å². The van der Waals surface area contributed by atoms with Gasteiger partial charge in [0.2, 0.25) is 5.91 Å². The Balaban J connectivity index is 1.76. The van der Waals surface area contributed by atoms with Gasteiger partial charge in [-0.05, 0) is 11.6 Å². The van der Waals surface area contributed by atoms with E-state index < -0.39 is 12.0 Å². The highest BCUT2D eigenvalue weighted by molar-refractivity contribution is 7.21. The number of nitrogens with zero attached hydrogens (tertiary/aromatic N) is 3. The van der Waals surface area contributed by atoms with Gasteiger partial charge < -0.3 is 15.0 Å². The third-order valence-corrected chi connectivity index (χ3v) is 5.65. The number of carbonyl (C=O) groups is 2. The Kier molecular flexibility index (Phi) is 4.72. The van der Waals surface area contributed by atoms with Crippen molar-refractivity contribution in [3.63, 3.8) is 0 Å². The number of methoxy groups -OCH3 is 1. The largest absolute Gasteiger partial charge is 0.469 e. The first-order valence-electron chi connectivity index (χ1n) is 8.58. The van der Waals surface area contributed by atoms with Crippen LogP contribution in [0.15, 0.2) is 42.7 Å². The summed E-state index contributed by atoms with van der Waals surface area (Å²) in [5, 5.41) is 3.69. The first-order chi connectivity index (χ1) is 13.2. The van der Waals surface area contributed by atoms with Crippen LogP contribution < -0.4 is 10.2 Å². The highest BCUT2D eigenvalue weighted by atomic mass is 32.1. The van der Waals surface area contributed by atoms with Crippen molar-refractivity contribution in [1.82, 2.24) is 15.3 Å². The molecule has 1 aliphatic heterocycles. The summed E-state index contributed by atoms with van der Waals surface area (Å²) in [6, 6.07) is 11.5. The second-order valence-electron chi connectivity index (χ2n) is 6.17. The number of rotatable bonds is 4. The van der Waals surface area contributed by atoms with Gasteiger partial charge in [0.05, 0.1) is 18.9 Å². The lowest BCUT2D eigenvalue weighted by Crippen LogP contribution is -2.56. The van der Waals surface area contributed by atoms with Crippen LogP contribution in [-0.4, -0.2) is 48.1 Å². The third-order valence-electron chi connectivity index (χ3n) is 4.56. The van der Waals surface area contributed by atoms with Crippen molar-refractivity contribution in [1.29, 1.82) is 0 Å². The molecule has 1 amide bonds. The van der Waals surface area contributed by atoms with Crippen molar-refractivity contribution >= 4 is 39.2 Å². The van der Waals surface area contributed by atoms with E-state index in [0.717, 1.165) is 20.7 Å². The number of hydrogen-bond donors (Lipinski definition) is 1. The maximum Gasteiger partial charge on any atom is 0.308 e. The molecule has 0 unspecified atom stereocenters. The van der Waals surface area contributed by atoms with Crippen molar-refractivity contribution in [2.75, 3.05) is 25.1 Å². The molecule has 0 spiro atoms. The minimum Gasteiger partial charge on any atom is -0.469 e. The molecule has 0 saturated carbocycles. The molecule has 1 saturated heterocycles. The van der Waals surface area contributed by atoms with Gasteiger partial charge in [-0.25, -0.2) is 9.97 Å². The van der Waals surface area contributed by atoms with E-state index in [1.54, 1.807) is 11.3 Å². The zero-order chi connectivity index (χ0) is 18.8. The number of anilines is 1. The van der Waals surface area contributed by atoms with Crippen LogP contribution in [0.1, 0.15) is 6.42 Å². The molecule has 3 heterocycles. The topological polar surface area (TPSA) is 84.4 Å². The molecule has 2 aromatic heterocycles. The predicted molar refractivity (Wildman–Crippen MR) is 104 cm³/mol. The molecular weight excluding hydrogens is 364 g/mol. The summed E-state index contributed by atoms with van der Waals surface area (Å²) >= 11 is 1.58. The average Bonchev–Trinajstić information content (AvgIpc) is 3.14. The Labute approximate surface area is 160 Å². The molecule has 4 rings (SSSR count). The van der Waals surface area contributed by atoms with Crippen LogP contribution in [0.4, 0.5) is 5.82 Å². The minimum absolute atomic E-state index is 0.0243. The normalized spacial score (nSPS) is 17.0. The zero-order valence-electron chi connectivity index (χ0n) is 14.7. The molecule has 1 N–H and O–H groups in total. The number of ether oxygens (including phenoxy) is 1. The maximum atomic E-state index is 12.4. The number of thiophene rings is 1. The molecule has 8 heteroatoms. The lowest BCUT2D eigenvalue weighted by Gasteiger charge is -2.35. The summed E-state index contributed by atoms with van der Waals surface area (Å²) in [4.78, 5) is 36.8. The molecule has 138 valence electrons. The van der Waals surface area contributed by atoms with Crippen LogP contribution >= 0.6 is 11.3 Å². The molecule has 1 atom stereocenters. The number of nitrogens with one attached hydrogen (secondary N) is 1. The predicted octanol–water partition coefficient (Wildman–Crippen LogP) is 2.23. The Morgan fingerprint density at radius 2 is 2.15 bits per heavy atom. The first-order valence-corrected chi connectivity index (χ1v) is 9.40. The van der Waals surface area contributed by atoms with Crippen molar-refractivity contribution in [2.45, 2.75) is 12.5 Å². The summed E-state index contributed by atoms with van der Waals surface area (Å²) in [5.41, 5.74) is 1.11. The number of aromatic nitrogens is 2. The second-order valence-corrected chi connectivity index (χ2v) is 7.20. The van der Waals surface area contributed by atoms with Gasteiger partial charge in [-0.1, -0.05) is 30.3 Å². The summed E-state index contributed by atoms with van der Waals surface area (Å²) in [5.74, 6) is 0.0433. The van der Waals surface area contributed by atoms with Crippen LogP contribution in [-0.2, 0) is 14.3 Å². The van der Waals surface area contributed by atoms with Gasteiger partial charge in [0.15, 0.2) is 0 Å². The van der Waals surface area contributed by atoms with Gasteiger partial charge in [-0.3, -0.25) is 9.59 Å². The standard InChI is InChI=1S/C19H18N4O3S/c1-26-16(24)10-14-18(25)20-7-8-23(14)17-13-9-15(12-5-3-2-4-6-12)27-19(13)22-11-21-17/h2-6,9,11,14H,7-8,10H2,1H3,(H,20,25)/t14-/m0/s1. The number of carbonyl (C=O) groups excluding carboxylic acids is 2. The van der Waals surface area contributed by atoms with Gasteiger partial charge in [0.25, 0.3) is 0 Å². The number of esters is 1. The van der Waals surface area contributed by atoms with Crippen molar-refractivity contribution in [2.24, 2.45) is 0 Å². The summed E-state index contributed by atoms with van der Waals surface area (Å²) < 4.78 is 4.76. The summed E-state index contributed by atoms with van der Waals surface area (Å²) in [6.07, 6.45) is 1.48. The van der Waals surface area contributed by atoms with Gasteiger partial charge in [0, 0.05) is 18.0 Å². The van der Waals surface area contributed by atoms with E-state index in [4.69, 9.17) is 4.74 Å². The molecule has 1 aromatic carbocycles. The SMILES string of the molecule is COC(=O)C[C@H]1C(=O)NCCN1c1ncnc2sc(-c3ccccc3)cc12. The number of piperazine rings is 1. The first kappa shape index (κ1) is 17.4. The molecule has 0 aliphatic carbocycles. The summed E-state index contributed by atoms with van der Waals surface area (Å²) in [6.45, 7) is 1.06. The average molecular weight is 382 g/mol. The Morgan fingerprint density at radius 1 is 1.33 bits per heavy atom. The quantitative estimate of drug-likeness (QED) is 0.697. The number of amides is 1. The molecule has 7 nitrogen and oxygen atoms in total. The molecule has 1 fully saturated rings. The van der Waals surface area contributed by atoms with Crippen LogP contribution in [0.5, 0.6) is 0 Å². The molecule has 0 bridgehead atoms. The fourth-order valence-electron chi connectivity index (χ4n) is 3.23. The van der Waals surface area contributed by atoms with E-state index in [-0.39, 0.29) is 12.3 Å². The van der Waals surface area contributed by atoms with Gasteiger partial charge in [0.1, 0.15) is 23.0 Å². The smallest absolute Gasteiger partial charge is 0.308 e. The lowest BCUT2D eigenvalue weighted by molar-refractivity contribution is -0.143. The molecule has 1 aliphatic rings. The van der Waals surface area contributed by atoms with E-state index in [9.17, 15) is 9.59 Å². The number of fused-ring (bicyclic) bond motifs is 1. The molecule has 3 aromatic rings. The van der Waals surface area contributed by atoms with E-state index in [2.05, 4.69) is 15.3 Å². The summed E-state index contributed by atoms with van der Waals surface area (Å²) in [7, 11) is 1.32. The van der Waals surface area contributed by atoms with Crippen molar-refractivity contribution in [3.8, 4) is 10.4 Å². The highest BCUT2D eigenvalue weighted by Crippen LogP contribution is 2.36. The van der Waals surface area contributed by atoms with Crippen molar-refractivity contribution in [3.05, 3.63) is 42.7 Å². The Hall–Kier alpha value is -3.00. The van der Waals surface area contributed by atoms with Crippen LogP contribution in [0.3, 0.4) is 0 Å². The van der Waals surface area contributed by atoms with E-state index >= 15 is 0 Å². The van der Waals surface area contributed by atoms with Gasteiger partial charge >= 0.3 is 5.97 Å². The molecule has 27 heavy (non-hydrogen) atoms. The fourth-order valence-corrected chi connectivity index (χ4v) is 4.23. The molecular formula is C19H18N4O3S. The maximum absolute atomic E-state index is 12.4. The Bertz CT molecular complexity index is 989. The Morgan fingerprint density at radius 3 is 2.93 bits per heavy atom. The zero-order valence-corrected chi connectivity index (χ0v) is 15.5. The molecule has 0 radical (unpaired) electrons. The second kappa shape index (κ2) is 7.32. The van der Waals surface area contributed by atoms with E-state index in [0.29, 0.717) is 18.9 Å². The fraction of sp³-hybridized carbons (Fsp3) is 0.263. The highest BCUT2D eigenvalue weighted by Gasteiger charge is 2.34. The minimum atomic E-state index is -0.649. The number of benzene rings is 1.